The van der Waals surface area contributed by atoms with Crippen molar-refractivity contribution in [2.75, 3.05) is 32.1 Å². The average Bonchev–Trinajstić information content (AvgIpc) is 3.22. The van der Waals surface area contributed by atoms with Gasteiger partial charge < -0.3 is 20.0 Å². The van der Waals surface area contributed by atoms with Crippen molar-refractivity contribution in [3.8, 4) is 0 Å². The molecule has 2 fully saturated rings. The summed E-state index contributed by atoms with van der Waals surface area (Å²) in [6, 6.07) is 18.6. The predicted octanol–water partition coefficient (Wildman–Crippen LogP) is 15.4. The Hall–Kier alpha value is -3.10. The highest BCUT2D eigenvalue weighted by Gasteiger charge is 2.24. The molecule has 0 heterocycles. The second kappa shape index (κ2) is 48.4. The van der Waals surface area contributed by atoms with Crippen molar-refractivity contribution in [2.45, 2.75) is 130 Å². The molecule has 378 valence electrons. The highest BCUT2D eigenvalue weighted by Crippen LogP contribution is 2.27. The molecule has 2 saturated carbocycles. The van der Waals surface area contributed by atoms with Gasteiger partial charge in [-0.1, -0.05) is 114 Å². The minimum atomic E-state index is -0.619. The number of carboxylic acids is 2. The molecule has 2 aliphatic rings. The van der Waals surface area contributed by atoms with E-state index in [9.17, 15) is 33.6 Å². The SMILES string of the molecule is CC=CC(=O)Cl.CCCCCCCCCC(=O)Cl.CCN(CC)C(=O)Cl.CN(C)C(=O)Cl.Cl.Cl.O=C(Cl)N(c1ccccc1)c1ccccc1.O=C(O)C1CCC1.O=C(O)C1CCCCC1. The van der Waals surface area contributed by atoms with Crippen LogP contribution in [0.3, 0.4) is 0 Å². The normalized spacial score (nSPS) is 12.1. The Morgan fingerprint density at radius 3 is 1.17 bits per heavy atom. The average molecular weight is 1070 g/mol. The number of unbranched alkanes of at least 4 members (excludes halogenated alkanes) is 6. The maximum atomic E-state index is 11.4. The van der Waals surface area contributed by atoms with Crippen LogP contribution in [-0.2, 0) is 19.2 Å². The van der Waals surface area contributed by atoms with Crippen LogP contribution in [0.15, 0.2) is 72.8 Å². The third-order valence-corrected chi connectivity index (χ3v) is 10.3. The highest BCUT2D eigenvalue weighted by atomic mass is 35.5. The molecule has 2 aliphatic carbocycles. The lowest BCUT2D eigenvalue weighted by Crippen LogP contribution is -2.24. The van der Waals surface area contributed by atoms with E-state index in [1.54, 1.807) is 32.0 Å². The first-order valence-corrected chi connectivity index (χ1v) is 23.6. The van der Waals surface area contributed by atoms with E-state index < -0.39 is 27.9 Å². The molecule has 0 saturated heterocycles. The fourth-order valence-electron chi connectivity index (χ4n) is 5.34. The summed E-state index contributed by atoms with van der Waals surface area (Å²) in [6.45, 7) is 9.12. The molecule has 2 aromatic rings. The van der Waals surface area contributed by atoms with Gasteiger partial charge in [-0.2, -0.15) is 0 Å². The fourth-order valence-corrected chi connectivity index (χ4v) is 6.03. The van der Waals surface area contributed by atoms with Crippen LogP contribution >= 0.6 is 82.8 Å². The van der Waals surface area contributed by atoms with Gasteiger partial charge in [0.15, 0.2) is 0 Å². The molecular formula is C47H72Cl7N3O9. The van der Waals surface area contributed by atoms with Crippen LogP contribution < -0.4 is 4.90 Å². The Labute approximate surface area is 430 Å². The lowest BCUT2D eigenvalue weighted by molar-refractivity contribution is -0.144. The van der Waals surface area contributed by atoms with Crippen molar-refractivity contribution in [2.24, 2.45) is 11.8 Å². The van der Waals surface area contributed by atoms with Crippen LogP contribution in [0.5, 0.6) is 0 Å². The number of carbonyl (C=O) groups is 7. The molecule has 0 atom stereocenters. The van der Waals surface area contributed by atoms with E-state index in [4.69, 9.17) is 68.2 Å². The number of halogens is 7. The summed E-state index contributed by atoms with van der Waals surface area (Å²) in [5, 5.41) is 14.8. The number of hydrogen-bond donors (Lipinski definition) is 2. The molecule has 0 bridgehead atoms. The van der Waals surface area contributed by atoms with Crippen LogP contribution in [0.1, 0.15) is 130 Å². The zero-order valence-electron chi connectivity index (χ0n) is 39.1. The van der Waals surface area contributed by atoms with Crippen LogP contribution in [0.25, 0.3) is 0 Å². The Morgan fingerprint density at radius 2 is 0.955 bits per heavy atom. The zero-order chi connectivity index (χ0) is 49.3. The molecule has 0 radical (unpaired) electrons. The monoisotopic (exact) mass is 1070 g/mol. The molecule has 0 aliphatic heterocycles. The third-order valence-electron chi connectivity index (χ3n) is 9.25. The fraction of sp³-hybridized carbons (Fsp3) is 0.553. The van der Waals surface area contributed by atoms with Crippen molar-refractivity contribution >= 4 is 133 Å². The third kappa shape index (κ3) is 43.5. The second-order valence-electron chi connectivity index (χ2n) is 14.5. The molecule has 2 aromatic carbocycles. The van der Waals surface area contributed by atoms with E-state index in [0.29, 0.717) is 19.5 Å². The first-order chi connectivity index (χ1) is 30.3. The highest BCUT2D eigenvalue weighted by molar-refractivity contribution is 6.67. The van der Waals surface area contributed by atoms with Crippen molar-refractivity contribution in [1.82, 2.24) is 9.80 Å². The number of carbonyl (C=O) groups excluding carboxylic acids is 5. The molecule has 4 rings (SSSR count). The number of hydrogen-bond acceptors (Lipinski definition) is 7. The van der Waals surface area contributed by atoms with Crippen LogP contribution in [0.2, 0.25) is 0 Å². The maximum Gasteiger partial charge on any atom is 0.325 e. The van der Waals surface area contributed by atoms with E-state index in [1.807, 2.05) is 74.5 Å². The molecule has 0 spiro atoms. The molecule has 0 unspecified atom stereocenters. The molecule has 3 amide bonds. The predicted molar refractivity (Wildman–Crippen MR) is 278 cm³/mol. The summed E-state index contributed by atoms with van der Waals surface area (Å²) in [4.78, 5) is 76.3. The van der Waals surface area contributed by atoms with Crippen LogP contribution in [0, 0.1) is 11.8 Å². The van der Waals surface area contributed by atoms with Crippen LogP contribution in [0.4, 0.5) is 25.8 Å². The zero-order valence-corrected chi connectivity index (χ0v) is 44.5. The first kappa shape index (κ1) is 71.9. The number of benzene rings is 2. The summed E-state index contributed by atoms with van der Waals surface area (Å²) in [6.07, 6.45) is 20.2. The van der Waals surface area contributed by atoms with Crippen molar-refractivity contribution in [3.05, 3.63) is 72.8 Å². The topological polar surface area (TPSA) is 170 Å². The number of para-hydroxylation sites is 2. The lowest BCUT2D eigenvalue weighted by atomic mass is 9.86. The number of allylic oxidation sites excluding steroid dienone is 2. The molecule has 0 aromatic heterocycles. The first-order valence-electron chi connectivity index (χ1n) is 21.7. The summed E-state index contributed by atoms with van der Waals surface area (Å²) >= 11 is 25.7. The maximum absolute atomic E-state index is 11.4. The number of anilines is 2. The van der Waals surface area contributed by atoms with Gasteiger partial charge in [0.25, 0.3) is 0 Å². The van der Waals surface area contributed by atoms with Gasteiger partial charge in [-0.3, -0.25) is 38.5 Å². The Balaban J connectivity index is -0.000000225. The van der Waals surface area contributed by atoms with Crippen molar-refractivity contribution in [1.29, 1.82) is 0 Å². The summed E-state index contributed by atoms with van der Waals surface area (Å²) < 4.78 is 0. The second-order valence-corrected chi connectivity index (χ2v) is 16.3. The minimum Gasteiger partial charge on any atom is -0.481 e. The van der Waals surface area contributed by atoms with Gasteiger partial charge in [0, 0.05) is 33.6 Å². The molecule has 12 nitrogen and oxygen atoms in total. The van der Waals surface area contributed by atoms with Gasteiger partial charge in [0.2, 0.25) is 10.5 Å². The van der Waals surface area contributed by atoms with Gasteiger partial charge in [0.05, 0.1) is 23.2 Å². The summed E-state index contributed by atoms with van der Waals surface area (Å²) in [5.74, 6) is -1.25. The number of rotatable bonds is 15. The summed E-state index contributed by atoms with van der Waals surface area (Å²) in [5.41, 5.74) is 1.52. The van der Waals surface area contributed by atoms with Crippen LogP contribution in [-0.4, -0.2) is 85.7 Å². The smallest absolute Gasteiger partial charge is 0.325 e. The number of amides is 3. The quantitative estimate of drug-likeness (QED) is 0.0763. The van der Waals surface area contributed by atoms with E-state index in [0.717, 1.165) is 69.2 Å². The van der Waals surface area contributed by atoms with E-state index in [-0.39, 0.29) is 47.3 Å². The Kier molecular flexibility index (Phi) is 52.7. The Morgan fingerprint density at radius 1 is 0.576 bits per heavy atom. The molecule has 2 N–H and O–H groups in total. The minimum absolute atomic E-state index is 0. The van der Waals surface area contributed by atoms with E-state index in [1.165, 1.54) is 54.4 Å². The van der Waals surface area contributed by atoms with Gasteiger partial charge in [-0.15, -0.1) is 24.8 Å². The number of aliphatic carboxylic acids is 2. The molecule has 66 heavy (non-hydrogen) atoms. The van der Waals surface area contributed by atoms with Gasteiger partial charge >= 0.3 is 28.0 Å². The lowest BCUT2D eigenvalue weighted by Gasteiger charge is -2.19. The van der Waals surface area contributed by atoms with Gasteiger partial charge in [0.1, 0.15) is 0 Å². The standard InChI is InChI=1S/C13H10ClNO.C10H19ClO.C7H12O2.C5H10ClNO.C5H8O2.C4H5ClO.C3H6ClNO.2ClH/c14-13(16)15(11-7-3-1-4-8-11)12-9-5-2-6-10-12;1-2-3-4-5-6-7-8-9-10(11)12;8-7(9)6-4-2-1-3-5-6;1-3-7(4-2)5(6)8;6-5(7)4-2-1-3-4;1-2-3-4(5)6;1-5(2)3(4)6;;/h1-10H;2-9H2,1H3;6H,1-5H2,(H,8,9);3-4H2,1-2H3;4H,1-3H2,(H,6,7);2-3H,1H3;1-2H3;2*1H. The van der Waals surface area contributed by atoms with Crippen molar-refractivity contribution in [3.63, 3.8) is 0 Å². The van der Waals surface area contributed by atoms with Crippen molar-refractivity contribution < 1.29 is 43.8 Å². The molecular weight excluding hydrogens is 999 g/mol. The van der Waals surface area contributed by atoms with Gasteiger partial charge in [-0.25, -0.2) is 0 Å². The molecule has 19 heteroatoms. The Bertz CT molecular complexity index is 1560. The van der Waals surface area contributed by atoms with E-state index in [2.05, 4.69) is 6.92 Å². The van der Waals surface area contributed by atoms with Gasteiger partial charge in [-0.05, 0) is 141 Å². The number of carboxylic acid groups (broad SMARTS) is 2. The number of nitrogens with zero attached hydrogens (tertiary/aromatic N) is 3. The summed E-state index contributed by atoms with van der Waals surface area (Å²) in [7, 11) is 3.19. The largest absolute Gasteiger partial charge is 0.481 e. The van der Waals surface area contributed by atoms with E-state index >= 15 is 0 Å².